The largest absolute Gasteiger partial charge is 0.271 e. The van der Waals surface area contributed by atoms with E-state index in [-0.39, 0.29) is 6.04 Å². The molecule has 0 amide bonds. The second kappa shape index (κ2) is 7.49. The fourth-order valence-corrected chi connectivity index (χ4v) is 3.56. The number of nitrogens with one attached hydrogen (secondary N) is 1. The van der Waals surface area contributed by atoms with Crippen molar-refractivity contribution >= 4 is 31.9 Å². The topological polar surface area (TPSA) is 50.9 Å². The molecule has 3 nitrogen and oxygen atoms in total. The minimum atomic E-state index is -0.139. The fourth-order valence-electron chi connectivity index (χ4n) is 2.34. The summed E-state index contributed by atoms with van der Waals surface area (Å²) in [5.41, 5.74) is 6.18. The van der Waals surface area contributed by atoms with E-state index in [9.17, 15) is 0 Å². The van der Waals surface area contributed by atoms with E-state index in [2.05, 4.69) is 80.4 Å². The quantitative estimate of drug-likeness (QED) is 0.566. The summed E-state index contributed by atoms with van der Waals surface area (Å²) in [5.74, 6) is 6.40. The standard InChI is InChI=1S/C16H19Br2N3/c1-10(2)6-11-4-3-5-12(7-11)15(21-19)16-14(18)8-13(17)9-20-16/h3-5,7-10,15,21H,6,19H2,1-2H3. The van der Waals surface area contributed by atoms with E-state index in [4.69, 9.17) is 5.84 Å². The summed E-state index contributed by atoms with van der Waals surface area (Å²) in [6.45, 7) is 4.44. The van der Waals surface area contributed by atoms with Gasteiger partial charge < -0.3 is 0 Å². The molecule has 112 valence electrons. The number of halogens is 2. The van der Waals surface area contributed by atoms with Crippen molar-refractivity contribution in [3.63, 3.8) is 0 Å². The molecule has 2 rings (SSSR count). The summed E-state index contributed by atoms with van der Waals surface area (Å²) in [7, 11) is 0. The molecule has 2 aromatic rings. The average Bonchev–Trinajstić information content (AvgIpc) is 2.41. The van der Waals surface area contributed by atoms with Crippen LogP contribution in [0.2, 0.25) is 0 Å². The van der Waals surface area contributed by atoms with Gasteiger partial charge in [-0.1, -0.05) is 38.1 Å². The molecule has 21 heavy (non-hydrogen) atoms. The van der Waals surface area contributed by atoms with Crippen molar-refractivity contribution in [2.24, 2.45) is 11.8 Å². The molecule has 0 aliphatic carbocycles. The minimum Gasteiger partial charge on any atom is -0.271 e. The third-order valence-corrected chi connectivity index (χ3v) is 4.27. The maximum absolute atomic E-state index is 5.77. The van der Waals surface area contributed by atoms with E-state index in [1.807, 2.05) is 6.07 Å². The fraction of sp³-hybridized carbons (Fsp3) is 0.312. The monoisotopic (exact) mass is 411 g/mol. The maximum atomic E-state index is 5.77. The second-order valence-electron chi connectivity index (χ2n) is 5.46. The van der Waals surface area contributed by atoms with Crippen molar-refractivity contribution in [1.82, 2.24) is 10.4 Å². The number of aromatic nitrogens is 1. The smallest absolute Gasteiger partial charge is 0.0893 e. The zero-order valence-corrected chi connectivity index (χ0v) is 15.3. The molecule has 0 saturated heterocycles. The molecular weight excluding hydrogens is 394 g/mol. The van der Waals surface area contributed by atoms with Crippen molar-refractivity contribution in [3.05, 3.63) is 62.3 Å². The normalized spacial score (nSPS) is 12.7. The van der Waals surface area contributed by atoms with Crippen LogP contribution in [0.3, 0.4) is 0 Å². The summed E-state index contributed by atoms with van der Waals surface area (Å²) >= 11 is 6.97. The summed E-state index contributed by atoms with van der Waals surface area (Å²) in [6.07, 6.45) is 2.84. The Morgan fingerprint density at radius 3 is 2.62 bits per heavy atom. The zero-order valence-electron chi connectivity index (χ0n) is 12.1. The lowest BCUT2D eigenvalue weighted by molar-refractivity contribution is 0.613. The van der Waals surface area contributed by atoms with Crippen LogP contribution in [-0.4, -0.2) is 4.98 Å². The highest BCUT2D eigenvalue weighted by Gasteiger charge is 2.17. The Kier molecular flexibility index (Phi) is 5.93. The van der Waals surface area contributed by atoms with Gasteiger partial charge in [0.1, 0.15) is 0 Å². The minimum absolute atomic E-state index is 0.139. The molecular formula is C16H19Br2N3. The second-order valence-corrected chi connectivity index (χ2v) is 7.23. The van der Waals surface area contributed by atoms with Crippen molar-refractivity contribution in [2.45, 2.75) is 26.3 Å². The van der Waals surface area contributed by atoms with Gasteiger partial charge in [0.05, 0.1) is 11.7 Å². The lowest BCUT2D eigenvalue weighted by atomic mass is 9.97. The number of nitrogens with zero attached hydrogens (tertiary/aromatic N) is 1. The number of rotatable bonds is 5. The van der Waals surface area contributed by atoms with Gasteiger partial charge in [-0.2, -0.15) is 0 Å². The highest BCUT2D eigenvalue weighted by atomic mass is 79.9. The van der Waals surface area contributed by atoms with Crippen LogP contribution in [0.25, 0.3) is 0 Å². The van der Waals surface area contributed by atoms with E-state index < -0.39 is 0 Å². The van der Waals surface area contributed by atoms with Gasteiger partial charge in [-0.3, -0.25) is 10.8 Å². The van der Waals surface area contributed by atoms with E-state index in [0.29, 0.717) is 5.92 Å². The molecule has 0 spiro atoms. The van der Waals surface area contributed by atoms with Crippen LogP contribution in [0.15, 0.2) is 45.5 Å². The average molecular weight is 413 g/mol. The summed E-state index contributed by atoms with van der Waals surface area (Å²) in [5, 5.41) is 0. The molecule has 1 aromatic carbocycles. The Morgan fingerprint density at radius 1 is 1.24 bits per heavy atom. The van der Waals surface area contributed by atoms with Crippen LogP contribution >= 0.6 is 31.9 Å². The van der Waals surface area contributed by atoms with Crippen LogP contribution in [0, 0.1) is 5.92 Å². The van der Waals surface area contributed by atoms with Crippen LogP contribution in [0.5, 0.6) is 0 Å². The summed E-state index contributed by atoms with van der Waals surface area (Å²) in [4.78, 5) is 4.48. The molecule has 0 aliphatic rings. The Bertz CT molecular complexity index is 614. The Hall–Kier alpha value is -0.750. The van der Waals surface area contributed by atoms with Gasteiger partial charge in [0.2, 0.25) is 0 Å². The Labute approximate surface area is 142 Å². The van der Waals surface area contributed by atoms with Gasteiger partial charge in [-0.05, 0) is 61.4 Å². The van der Waals surface area contributed by atoms with Gasteiger partial charge >= 0.3 is 0 Å². The predicted octanol–water partition coefficient (Wildman–Crippen LogP) is 4.36. The Balaban J connectivity index is 2.37. The molecule has 1 aromatic heterocycles. The lowest BCUT2D eigenvalue weighted by Crippen LogP contribution is -2.30. The SMILES string of the molecule is CC(C)Cc1cccc(C(NN)c2ncc(Br)cc2Br)c1. The van der Waals surface area contributed by atoms with Crippen molar-refractivity contribution in [3.8, 4) is 0 Å². The van der Waals surface area contributed by atoms with Crippen molar-refractivity contribution in [1.29, 1.82) is 0 Å². The number of hydrazine groups is 1. The van der Waals surface area contributed by atoms with Crippen LogP contribution in [0.1, 0.15) is 36.7 Å². The van der Waals surface area contributed by atoms with Crippen LogP contribution in [0.4, 0.5) is 0 Å². The number of nitrogens with two attached hydrogens (primary N) is 1. The highest BCUT2D eigenvalue weighted by molar-refractivity contribution is 9.11. The first-order chi connectivity index (χ1) is 10.0. The molecule has 5 heteroatoms. The van der Waals surface area contributed by atoms with E-state index >= 15 is 0 Å². The first-order valence-corrected chi connectivity index (χ1v) is 8.45. The number of benzene rings is 1. The van der Waals surface area contributed by atoms with Crippen molar-refractivity contribution < 1.29 is 0 Å². The first-order valence-electron chi connectivity index (χ1n) is 6.87. The molecule has 1 unspecified atom stereocenters. The molecule has 0 saturated carbocycles. The van der Waals surface area contributed by atoms with E-state index in [1.54, 1.807) is 6.20 Å². The molecule has 0 radical (unpaired) electrons. The van der Waals surface area contributed by atoms with Gasteiger partial charge in [-0.15, -0.1) is 0 Å². The van der Waals surface area contributed by atoms with Gasteiger partial charge in [0.25, 0.3) is 0 Å². The summed E-state index contributed by atoms with van der Waals surface area (Å²) in [6, 6.07) is 10.3. The molecule has 0 fully saturated rings. The van der Waals surface area contributed by atoms with Crippen LogP contribution < -0.4 is 11.3 Å². The van der Waals surface area contributed by atoms with Crippen molar-refractivity contribution in [2.75, 3.05) is 0 Å². The lowest BCUT2D eigenvalue weighted by Gasteiger charge is -2.18. The maximum Gasteiger partial charge on any atom is 0.0893 e. The number of pyridine rings is 1. The van der Waals surface area contributed by atoms with Crippen LogP contribution in [-0.2, 0) is 6.42 Å². The third-order valence-electron chi connectivity index (χ3n) is 3.20. The molecule has 0 bridgehead atoms. The number of hydrogen-bond acceptors (Lipinski definition) is 3. The highest BCUT2D eigenvalue weighted by Crippen LogP contribution is 2.29. The Morgan fingerprint density at radius 2 is 2.00 bits per heavy atom. The summed E-state index contributed by atoms with van der Waals surface area (Å²) < 4.78 is 1.86. The van der Waals surface area contributed by atoms with Gasteiger partial charge in [-0.25, -0.2) is 5.43 Å². The molecule has 3 N–H and O–H groups in total. The zero-order chi connectivity index (χ0) is 15.4. The van der Waals surface area contributed by atoms with E-state index in [0.717, 1.165) is 26.6 Å². The third kappa shape index (κ3) is 4.36. The first kappa shape index (κ1) is 16.6. The van der Waals surface area contributed by atoms with Gasteiger partial charge in [0.15, 0.2) is 0 Å². The number of hydrogen-bond donors (Lipinski definition) is 2. The predicted molar refractivity (Wildman–Crippen MR) is 93.8 cm³/mol. The molecule has 0 aliphatic heterocycles. The van der Waals surface area contributed by atoms with E-state index in [1.165, 1.54) is 5.56 Å². The van der Waals surface area contributed by atoms with Gasteiger partial charge in [0, 0.05) is 15.1 Å². The molecule has 1 atom stereocenters. The molecule has 1 heterocycles.